The summed E-state index contributed by atoms with van der Waals surface area (Å²) in [6, 6.07) is 2.24. The summed E-state index contributed by atoms with van der Waals surface area (Å²) in [4.78, 5) is 1.35. The summed E-state index contributed by atoms with van der Waals surface area (Å²) >= 11 is 5.11. The van der Waals surface area contributed by atoms with Crippen molar-refractivity contribution in [2.24, 2.45) is 5.73 Å². The summed E-state index contributed by atoms with van der Waals surface area (Å²) in [7, 11) is 0. The lowest BCUT2D eigenvalue weighted by molar-refractivity contribution is 0.726. The Hall–Kier alpha value is -0.430. The Balaban J connectivity index is 2.22. The van der Waals surface area contributed by atoms with Crippen LogP contribution in [0.5, 0.6) is 0 Å². The quantitative estimate of drug-likeness (QED) is 0.875. The predicted molar refractivity (Wildman–Crippen MR) is 75.9 cm³/mol. The third-order valence-electron chi connectivity index (χ3n) is 2.37. The van der Waals surface area contributed by atoms with Crippen LogP contribution in [-0.4, -0.2) is 16.2 Å². The number of hydrogen-bond acceptors (Lipinski definition) is 6. The Kier molecular flexibility index (Phi) is 4.19. The molecule has 6 heteroatoms. The lowest BCUT2D eigenvalue weighted by Crippen LogP contribution is -2.22. The van der Waals surface area contributed by atoms with Crippen LogP contribution < -0.4 is 5.73 Å². The molecule has 2 unspecified atom stereocenters. The second-order valence-corrected chi connectivity index (χ2v) is 7.47. The molecule has 17 heavy (non-hydrogen) atoms. The lowest BCUT2D eigenvalue weighted by atomic mass is 10.1. The van der Waals surface area contributed by atoms with Crippen LogP contribution in [-0.2, 0) is 0 Å². The highest BCUT2D eigenvalue weighted by molar-refractivity contribution is 8.01. The molecule has 0 spiro atoms. The molecule has 0 aromatic carbocycles. The lowest BCUT2D eigenvalue weighted by Gasteiger charge is -2.18. The van der Waals surface area contributed by atoms with E-state index in [1.165, 1.54) is 10.4 Å². The molecule has 0 fully saturated rings. The minimum absolute atomic E-state index is 0.0987. The molecule has 0 saturated heterocycles. The van der Waals surface area contributed by atoms with Gasteiger partial charge in [-0.2, -0.15) is 0 Å². The second kappa shape index (κ2) is 5.48. The van der Waals surface area contributed by atoms with Gasteiger partial charge in [0, 0.05) is 10.9 Å². The molecule has 2 heterocycles. The summed E-state index contributed by atoms with van der Waals surface area (Å²) in [5.74, 6) is 0. The number of rotatable bonds is 4. The Labute approximate surface area is 113 Å². The molecule has 0 amide bonds. The van der Waals surface area contributed by atoms with E-state index in [1.807, 2.05) is 13.8 Å². The first-order valence-corrected chi connectivity index (χ1v) is 7.92. The van der Waals surface area contributed by atoms with Crippen LogP contribution in [0.2, 0.25) is 0 Å². The van der Waals surface area contributed by atoms with Crippen molar-refractivity contribution in [3.63, 3.8) is 0 Å². The van der Waals surface area contributed by atoms with Gasteiger partial charge in [-0.25, -0.2) is 0 Å². The molecule has 0 radical (unpaired) electrons. The Bertz CT molecular complexity index is 490. The van der Waals surface area contributed by atoms with Gasteiger partial charge < -0.3 is 5.73 Å². The summed E-state index contributed by atoms with van der Waals surface area (Å²) < 4.78 is 0.998. The zero-order valence-electron chi connectivity index (χ0n) is 10.0. The van der Waals surface area contributed by atoms with E-state index in [4.69, 9.17) is 5.73 Å². The third kappa shape index (κ3) is 3.07. The molecule has 0 saturated carbocycles. The van der Waals surface area contributed by atoms with Gasteiger partial charge in [0.05, 0.1) is 5.25 Å². The smallest absolute Gasteiger partial charge is 0.174 e. The molecule has 2 aromatic heterocycles. The average molecular weight is 285 g/mol. The molecule has 2 aromatic rings. The first-order valence-electron chi connectivity index (χ1n) is 5.34. The molecule has 0 aliphatic carbocycles. The second-order valence-electron chi connectivity index (χ2n) is 3.95. The zero-order chi connectivity index (χ0) is 12.4. The van der Waals surface area contributed by atoms with Gasteiger partial charge in [-0.1, -0.05) is 23.1 Å². The van der Waals surface area contributed by atoms with Gasteiger partial charge in [0.15, 0.2) is 4.34 Å². The van der Waals surface area contributed by atoms with E-state index in [-0.39, 0.29) is 11.3 Å². The SMILES string of the molecule is Cc1nnc(SC(c2sccc2C)C(C)N)s1. The van der Waals surface area contributed by atoms with Crippen molar-refractivity contribution < 1.29 is 0 Å². The van der Waals surface area contributed by atoms with Crippen LogP contribution in [0.15, 0.2) is 15.8 Å². The van der Waals surface area contributed by atoms with E-state index >= 15 is 0 Å². The van der Waals surface area contributed by atoms with Gasteiger partial charge in [0.2, 0.25) is 0 Å². The number of hydrogen-bond donors (Lipinski definition) is 1. The van der Waals surface area contributed by atoms with E-state index in [1.54, 1.807) is 34.4 Å². The number of nitrogens with two attached hydrogens (primary N) is 1. The minimum Gasteiger partial charge on any atom is -0.327 e. The minimum atomic E-state index is 0.0987. The highest BCUT2D eigenvalue weighted by Gasteiger charge is 2.22. The molecule has 92 valence electrons. The van der Waals surface area contributed by atoms with Crippen LogP contribution >= 0.6 is 34.4 Å². The fourth-order valence-electron chi connectivity index (χ4n) is 1.51. The first kappa shape index (κ1) is 13.0. The van der Waals surface area contributed by atoms with Crippen LogP contribution in [0.4, 0.5) is 0 Å². The summed E-state index contributed by atoms with van der Waals surface area (Å²) in [6.07, 6.45) is 0. The van der Waals surface area contributed by atoms with E-state index in [9.17, 15) is 0 Å². The van der Waals surface area contributed by atoms with E-state index in [0.29, 0.717) is 0 Å². The molecule has 3 nitrogen and oxygen atoms in total. The van der Waals surface area contributed by atoms with Gasteiger partial charge >= 0.3 is 0 Å². The number of aromatic nitrogens is 2. The van der Waals surface area contributed by atoms with Crippen molar-refractivity contribution >= 4 is 34.4 Å². The molecular weight excluding hydrogens is 270 g/mol. The Morgan fingerprint density at radius 2 is 2.12 bits per heavy atom. The number of thioether (sulfide) groups is 1. The topological polar surface area (TPSA) is 51.8 Å². The van der Waals surface area contributed by atoms with Crippen LogP contribution in [0, 0.1) is 13.8 Å². The van der Waals surface area contributed by atoms with Gasteiger partial charge in [-0.3, -0.25) is 0 Å². The average Bonchev–Trinajstić information content (AvgIpc) is 2.84. The fourth-order valence-corrected chi connectivity index (χ4v) is 4.94. The van der Waals surface area contributed by atoms with Gasteiger partial charge in [0.25, 0.3) is 0 Å². The molecule has 0 bridgehead atoms. The molecule has 2 N–H and O–H groups in total. The highest BCUT2D eigenvalue weighted by Crippen LogP contribution is 2.41. The van der Waals surface area contributed by atoms with E-state index in [0.717, 1.165) is 9.35 Å². The predicted octanol–water partition coefficient (Wildman–Crippen LogP) is 3.40. The Morgan fingerprint density at radius 1 is 1.35 bits per heavy atom. The van der Waals surface area contributed by atoms with Crippen LogP contribution in [0.1, 0.15) is 27.6 Å². The maximum Gasteiger partial charge on any atom is 0.174 e. The van der Waals surface area contributed by atoms with Crippen molar-refractivity contribution in [3.8, 4) is 0 Å². The van der Waals surface area contributed by atoms with Crippen molar-refractivity contribution in [3.05, 3.63) is 26.9 Å². The van der Waals surface area contributed by atoms with E-state index in [2.05, 4.69) is 28.6 Å². The maximum absolute atomic E-state index is 6.09. The third-order valence-corrected chi connectivity index (χ3v) is 6.00. The standard InChI is InChI=1S/C11H15N3S3/c1-6-4-5-15-9(6)10(7(2)12)17-11-14-13-8(3)16-11/h4-5,7,10H,12H2,1-3H3. The summed E-state index contributed by atoms with van der Waals surface area (Å²) in [5, 5.41) is 11.6. The molecule has 2 rings (SSSR count). The maximum atomic E-state index is 6.09. The fraction of sp³-hybridized carbons (Fsp3) is 0.455. The van der Waals surface area contributed by atoms with E-state index < -0.39 is 0 Å². The van der Waals surface area contributed by atoms with Crippen molar-refractivity contribution in [1.29, 1.82) is 0 Å². The molecule has 0 aliphatic heterocycles. The zero-order valence-corrected chi connectivity index (χ0v) is 12.5. The summed E-state index contributed by atoms with van der Waals surface area (Å²) in [6.45, 7) is 6.15. The van der Waals surface area contributed by atoms with Crippen molar-refractivity contribution in [2.75, 3.05) is 0 Å². The van der Waals surface area contributed by atoms with Gasteiger partial charge in [0.1, 0.15) is 5.01 Å². The number of thiophene rings is 1. The molecule has 0 aliphatic rings. The normalized spacial score (nSPS) is 14.8. The summed E-state index contributed by atoms with van der Waals surface area (Å²) in [5.41, 5.74) is 7.40. The largest absolute Gasteiger partial charge is 0.327 e. The van der Waals surface area contributed by atoms with Gasteiger partial charge in [-0.15, -0.1) is 21.5 Å². The van der Waals surface area contributed by atoms with Crippen LogP contribution in [0.3, 0.4) is 0 Å². The van der Waals surface area contributed by atoms with Crippen LogP contribution in [0.25, 0.3) is 0 Å². The monoisotopic (exact) mass is 285 g/mol. The number of aryl methyl sites for hydroxylation is 2. The number of nitrogens with zero attached hydrogens (tertiary/aromatic N) is 2. The highest BCUT2D eigenvalue weighted by atomic mass is 32.2. The van der Waals surface area contributed by atoms with Crippen molar-refractivity contribution in [1.82, 2.24) is 10.2 Å². The first-order chi connectivity index (χ1) is 8.08. The molecular formula is C11H15N3S3. The Morgan fingerprint density at radius 3 is 2.59 bits per heavy atom. The van der Waals surface area contributed by atoms with Gasteiger partial charge in [-0.05, 0) is 37.8 Å². The van der Waals surface area contributed by atoms with Crippen molar-refractivity contribution in [2.45, 2.75) is 36.4 Å². The molecule has 2 atom stereocenters.